The van der Waals surface area contributed by atoms with Gasteiger partial charge in [-0.1, -0.05) is 29.3 Å². The van der Waals surface area contributed by atoms with E-state index in [0.29, 0.717) is 16.7 Å². The maximum Gasteiger partial charge on any atom is 0.143 e. The summed E-state index contributed by atoms with van der Waals surface area (Å²) in [7, 11) is 0. The molecule has 0 bridgehead atoms. The zero-order chi connectivity index (χ0) is 14.8. The van der Waals surface area contributed by atoms with Crippen LogP contribution in [0.25, 0.3) is 0 Å². The highest BCUT2D eigenvalue weighted by atomic mass is 35.5. The van der Waals surface area contributed by atoms with E-state index in [1.807, 2.05) is 6.07 Å². The van der Waals surface area contributed by atoms with Crippen molar-refractivity contribution in [2.45, 2.75) is 17.4 Å². The van der Waals surface area contributed by atoms with Gasteiger partial charge >= 0.3 is 0 Å². The molecule has 0 spiro atoms. The van der Waals surface area contributed by atoms with Gasteiger partial charge in [-0.05, 0) is 36.6 Å². The molecule has 110 valence electrons. The molecule has 0 radical (unpaired) electrons. The van der Waals surface area contributed by atoms with E-state index in [0.717, 1.165) is 23.4 Å². The van der Waals surface area contributed by atoms with Crippen LogP contribution in [0.2, 0.25) is 10.0 Å². The monoisotopic (exact) mass is 339 g/mol. The molecule has 2 aromatic rings. The van der Waals surface area contributed by atoms with E-state index in [1.54, 1.807) is 17.8 Å². The molecule has 1 aliphatic heterocycles. The molecule has 5 heteroatoms. The van der Waals surface area contributed by atoms with E-state index in [1.165, 1.54) is 4.90 Å². The van der Waals surface area contributed by atoms with E-state index in [-0.39, 0.29) is 6.04 Å². The van der Waals surface area contributed by atoms with Crippen molar-refractivity contribution in [2.75, 3.05) is 18.2 Å². The lowest BCUT2D eigenvalue weighted by molar-refractivity contribution is 0.274. The van der Waals surface area contributed by atoms with Crippen LogP contribution in [-0.4, -0.2) is 12.9 Å². The third-order valence-corrected chi connectivity index (χ3v) is 4.70. The predicted octanol–water partition coefficient (Wildman–Crippen LogP) is 5.65. The third kappa shape index (κ3) is 3.25. The summed E-state index contributed by atoms with van der Waals surface area (Å²) in [6, 6.07) is 12.2. The van der Waals surface area contributed by atoms with Crippen molar-refractivity contribution in [3.63, 3.8) is 0 Å². The van der Waals surface area contributed by atoms with E-state index in [2.05, 4.69) is 35.8 Å². The van der Waals surface area contributed by atoms with Crippen molar-refractivity contribution in [1.29, 1.82) is 0 Å². The van der Waals surface area contributed by atoms with Crippen LogP contribution in [0.1, 0.15) is 18.0 Å². The van der Waals surface area contributed by atoms with Crippen LogP contribution in [0, 0.1) is 0 Å². The Hall–Kier alpha value is -1.03. The quantitative estimate of drug-likeness (QED) is 0.730. The van der Waals surface area contributed by atoms with Gasteiger partial charge in [-0.15, -0.1) is 11.8 Å². The van der Waals surface area contributed by atoms with E-state index >= 15 is 0 Å². The van der Waals surface area contributed by atoms with Gasteiger partial charge in [-0.2, -0.15) is 0 Å². The SMILES string of the molecule is CSc1cccc(NC2CCOc3c(Cl)cc(Cl)cc32)c1. The standard InChI is InChI=1S/C16H15Cl2NOS/c1-21-12-4-2-3-11(9-12)19-15-5-6-20-16-13(15)7-10(17)8-14(16)18/h2-4,7-9,15,19H,5-6H2,1H3. The first-order valence-corrected chi connectivity index (χ1v) is 8.68. The maximum absolute atomic E-state index is 6.22. The van der Waals surface area contributed by atoms with Gasteiger partial charge in [0.1, 0.15) is 5.75 Å². The zero-order valence-corrected chi connectivity index (χ0v) is 13.9. The van der Waals surface area contributed by atoms with Crippen molar-refractivity contribution in [2.24, 2.45) is 0 Å². The summed E-state index contributed by atoms with van der Waals surface area (Å²) in [5, 5.41) is 4.76. The second-order valence-corrected chi connectivity index (χ2v) is 6.60. The maximum atomic E-state index is 6.22. The minimum Gasteiger partial charge on any atom is -0.492 e. The van der Waals surface area contributed by atoms with Crippen molar-refractivity contribution < 1.29 is 4.74 Å². The summed E-state index contributed by atoms with van der Waals surface area (Å²) in [5.74, 6) is 0.742. The van der Waals surface area contributed by atoms with Crippen molar-refractivity contribution >= 4 is 40.7 Å². The Balaban J connectivity index is 1.91. The van der Waals surface area contributed by atoms with Crippen LogP contribution in [0.3, 0.4) is 0 Å². The van der Waals surface area contributed by atoms with E-state index < -0.39 is 0 Å². The van der Waals surface area contributed by atoms with Gasteiger partial charge in [0.15, 0.2) is 0 Å². The van der Waals surface area contributed by atoms with E-state index in [4.69, 9.17) is 27.9 Å². The van der Waals surface area contributed by atoms with Crippen molar-refractivity contribution in [1.82, 2.24) is 0 Å². The fourth-order valence-corrected chi connectivity index (χ4v) is 3.51. The van der Waals surface area contributed by atoms with Crippen LogP contribution in [0.4, 0.5) is 5.69 Å². The predicted molar refractivity (Wildman–Crippen MR) is 91.2 cm³/mol. The second kappa shape index (κ2) is 6.39. The zero-order valence-electron chi connectivity index (χ0n) is 11.5. The lowest BCUT2D eigenvalue weighted by atomic mass is 10.00. The Bertz CT molecular complexity index is 663. The smallest absolute Gasteiger partial charge is 0.143 e. The Kier molecular flexibility index (Phi) is 4.53. The van der Waals surface area contributed by atoms with Crippen molar-refractivity contribution in [3.05, 3.63) is 52.0 Å². The molecular weight excluding hydrogens is 325 g/mol. The highest BCUT2D eigenvalue weighted by Gasteiger charge is 2.24. The minimum atomic E-state index is 0.155. The number of thioether (sulfide) groups is 1. The molecule has 1 unspecified atom stereocenters. The topological polar surface area (TPSA) is 21.3 Å². The van der Waals surface area contributed by atoms with Gasteiger partial charge < -0.3 is 10.1 Å². The molecule has 0 aliphatic carbocycles. The van der Waals surface area contributed by atoms with E-state index in [9.17, 15) is 0 Å². The molecule has 1 atom stereocenters. The molecule has 3 rings (SSSR count). The number of nitrogens with one attached hydrogen (secondary N) is 1. The molecule has 21 heavy (non-hydrogen) atoms. The highest BCUT2D eigenvalue weighted by Crippen LogP contribution is 2.41. The first kappa shape index (κ1) is 14.9. The molecule has 2 aromatic carbocycles. The lowest BCUT2D eigenvalue weighted by Gasteiger charge is -2.28. The molecular formula is C16H15Cl2NOS. The average Bonchev–Trinajstić information content (AvgIpc) is 2.48. The highest BCUT2D eigenvalue weighted by molar-refractivity contribution is 7.98. The molecule has 0 amide bonds. The van der Waals surface area contributed by atoms with Crippen LogP contribution in [0.15, 0.2) is 41.3 Å². The largest absolute Gasteiger partial charge is 0.492 e. The molecule has 0 saturated heterocycles. The van der Waals surface area contributed by atoms with Gasteiger partial charge in [0, 0.05) is 27.6 Å². The third-order valence-electron chi connectivity index (χ3n) is 3.48. The molecule has 0 saturated carbocycles. The number of anilines is 1. The van der Waals surface area contributed by atoms with Gasteiger partial charge in [-0.25, -0.2) is 0 Å². The number of fused-ring (bicyclic) bond motifs is 1. The van der Waals surface area contributed by atoms with Gasteiger partial charge in [0.05, 0.1) is 17.7 Å². The van der Waals surface area contributed by atoms with Gasteiger partial charge in [0.2, 0.25) is 0 Å². The van der Waals surface area contributed by atoms with Gasteiger partial charge in [0.25, 0.3) is 0 Å². The summed E-state index contributed by atoms with van der Waals surface area (Å²) < 4.78 is 5.69. The number of hydrogen-bond acceptors (Lipinski definition) is 3. The minimum absolute atomic E-state index is 0.155. The van der Waals surface area contributed by atoms with Crippen LogP contribution >= 0.6 is 35.0 Å². The number of ether oxygens (including phenoxy) is 1. The fraction of sp³-hybridized carbons (Fsp3) is 0.250. The Morgan fingerprint density at radius 1 is 1.24 bits per heavy atom. The summed E-state index contributed by atoms with van der Waals surface area (Å²) in [6.45, 7) is 0.647. The summed E-state index contributed by atoms with van der Waals surface area (Å²) in [4.78, 5) is 1.23. The normalized spacial score (nSPS) is 17.0. The molecule has 1 heterocycles. The van der Waals surface area contributed by atoms with Gasteiger partial charge in [-0.3, -0.25) is 0 Å². The Labute approximate surface area is 138 Å². The second-order valence-electron chi connectivity index (χ2n) is 4.87. The Morgan fingerprint density at radius 2 is 2.10 bits per heavy atom. The number of halogens is 2. The van der Waals surface area contributed by atoms with Crippen LogP contribution in [-0.2, 0) is 0 Å². The lowest BCUT2D eigenvalue weighted by Crippen LogP contribution is -2.20. The Morgan fingerprint density at radius 3 is 2.90 bits per heavy atom. The van der Waals surface area contributed by atoms with Crippen LogP contribution in [0.5, 0.6) is 5.75 Å². The number of rotatable bonds is 3. The molecule has 1 N–H and O–H groups in total. The fourth-order valence-electron chi connectivity index (χ4n) is 2.49. The molecule has 0 fully saturated rings. The molecule has 0 aromatic heterocycles. The van der Waals surface area contributed by atoms with Crippen molar-refractivity contribution in [3.8, 4) is 5.75 Å². The van der Waals surface area contributed by atoms with Crippen LogP contribution < -0.4 is 10.1 Å². The summed E-state index contributed by atoms with van der Waals surface area (Å²) in [6.07, 6.45) is 2.95. The number of benzene rings is 2. The summed E-state index contributed by atoms with van der Waals surface area (Å²) in [5.41, 5.74) is 2.11. The average molecular weight is 340 g/mol. The summed E-state index contributed by atoms with van der Waals surface area (Å²) >= 11 is 14.1. The molecule has 1 aliphatic rings. The molecule has 2 nitrogen and oxygen atoms in total. The first-order valence-electron chi connectivity index (χ1n) is 6.69. The first-order chi connectivity index (χ1) is 10.2. The number of hydrogen-bond donors (Lipinski definition) is 1.